The maximum atomic E-state index is 11.7. The highest BCUT2D eigenvalue weighted by atomic mass is 32.2. The van der Waals surface area contributed by atoms with Crippen LogP contribution in [-0.4, -0.2) is 30.0 Å². The maximum Gasteiger partial charge on any atom is 0.303 e. The summed E-state index contributed by atoms with van der Waals surface area (Å²) in [5.41, 5.74) is 0. The van der Waals surface area contributed by atoms with E-state index in [0.29, 0.717) is 6.42 Å². The molecule has 0 aromatic heterocycles. The van der Waals surface area contributed by atoms with E-state index in [-0.39, 0.29) is 24.0 Å². The second-order valence-electron chi connectivity index (χ2n) is 4.89. The molecule has 88 valence electrons. The Kier molecular flexibility index (Phi) is 3.14. The van der Waals surface area contributed by atoms with Gasteiger partial charge in [-0.2, -0.15) is 0 Å². The summed E-state index contributed by atoms with van der Waals surface area (Å²) in [5, 5.41) is 8.70. The topological polar surface area (TPSA) is 71.4 Å². The van der Waals surface area contributed by atoms with Crippen LogP contribution in [0.25, 0.3) is 0 Å². The van der Waals surface area contributed by atoms with Gasteiger partial charge in [0, 0.05) is 6.42 Å². The van der Waals surface area contributed by atoms with Crippen molar-refractivity contribution in [1.29, 1.82) is 0 Å². The van der Waals surface area contributed by atoms with E-state index in [1.165, 1.54) is 0 Å². The molecular weight excluding hydrogens is 216 g/mol. The molecule has 1 rings (SSSR count). The van der Waals surface area contributed by atoms with Crippen molar-refractivity contribution < 1.29 is 18.3 Å². The van der Waals surface area contributed by atoms with Crippen LogP contribution in [0.2, 0.25) is 0 Å². The van der Waals surface area contributed by atoms with E-state index in [0.717, 1.165) is 0 Å². The first-order chi connectivity index (χ1) is 6.68. The molecule has 1 heterocycles. The molecule has 5 heteroatoms. The number of carboxylic acids is 1. The van der Waals surface area contributed by atoms with Crippen LogP contribution in [0.1, 0.15) is 33.6 Å². The molecule has 2 unspecified atom stereocenters. The van der Waals surface area contributed by atoms with Gasteiger partial charge in [0.2, 0.25) is 0 Å². The SMILES string of the molecule is CC(CC(=O)O)C1CCS(=O)(=O)C1(C)C. The molecule has 4 nitrogen and oxygen atoms in total. The minimum absolute atomic E-state index is 0.0430. The summed E-state index contributed by atoms with van der Waals surface area (Å²) in [7, 11) is -3.05. The maximum absolute atomic E-state index is 11.7. The lowest BCUT2D eigenvalue weighted by Gasteiger charge is -2.29. The number of hydrogen-bond acceptors (Lipinski definition) is 3. The quantitative estimate of drug-likeness (QED) is 0.799. The van der Waals surface area contributed by atoms with Gasteiger partial charge in [-0.3, -0.25) is 4.79 Å². The largest absolute Gasteiger partial charge is 0.481 e. The zero-order valence-electron chi connectivity index (χ0n) is 9.36. The zero-order chi connectivity index (χ0) is 11.9. The van der Waals surface area contributed by atoms with Crippen LogP contribution in [0.5, 0.6) is 0 Å². The Labute approximate surface area is 90.6 Å². The highest BCUT2D eigenvalue weighted by Crippen LogP contribution is 2.42. The number of rotatable bonds is 3. The molecule has 0 radical (unpaired) electrons. The molecule has 1 fully saturated rings. The Bertz CT molecular complexity index is 356. The predicted molar refractivity (Wildman–Crippen MR) is 57.4 cm³/mol. The van der Waals surface area contributed by atoms with Crippen molar-refractivity contribution in [2.75, 3.05) is 5.75 Å². The fourth-order valence-electron chi connectivity index (χ4n) is 2.51. The Hall–Kier alpha value is -0.580. The molecule has 0 spiro atoms. The summed E-state index contributed by atoms with van der Waals surface area (Å²) in [4.78, 5) is 10.6. The average Bonchev–Trinajstić information content (AvgIpc) is 2.20. The zero-order valence-corrected chi connectivity index (χ0v) is 10.2. The van der Waals surface area contributed by atoms with Crippen LogP contribution in [-0.2, 0) is 14.6 Å². The van der Waals surface area contributed by atoms with Gasteiger partial charge in [0.25, 0.3) is 0 Å². The first kappa shape index (κ1) is 12.5. The summed E-state index contributed by atoms with van der Waals surface area (Å²) < 4.78 is 22.7. The van der Waals surface area contributed by atoms with Crippen molar-refractivity contribution in [2.45, 2.75) is 38.4 Å². The molecule has 2 atom stereocenters. The van der Waals surface area contributed by atoms with Crippen LogP contribution in [0.15, 0.2) is 0 Å². The monoisotopic (exact) mass is 234 g/mol. The Morgan fingerprint density at radius 1 is 1.53 bits per heavy atom. The average molecular weight is 234 g/mol. The van der Waals surface area contributed by atoms with Crippen LogP contribution >= 0.6 is 0 Å². The number of aliphatic carboxylic acids is 1. The Morgan fingerprint density at radius 2 is 2.07 bits per heavy atom. The highest BCUT2D eigenvalue weighted by molar-refractivity contribution is 7.93. The second kappa shape index (κ2) is 3.77. The lowest BCUT2D eigenvalue weighted by molar-refractivity contribution is -0.138. The Balaban J connectivity index is 2.86. The molecule has 0 amide bonds. The van der Waals surface area contributed by atoms with E-state index in [2.05, 4.69) is 0 Å². The van der Waals surface area contributed by atoms with Crippen LogP contribution in [0.3, 0.4) is 0 Å². The van der Waals surface area contributed by atoms with Crippen LogP contribution in [0.4, 0.5) is 0 Å². The molecule has 0 saturated carbocycles. The van der Waals surface area contributed by atoms with Gasteiger partial charge in [-0.25, -0.2) is 8.42 Å². The smallest absolute Gasteiger partial charge is 0.303 e. The lowest BCUT2D eigenvalue weighted by Crippen LogP contribution is -2.37. The van der Waals surface area contributed by atoms with E-state index in [4.69, 9.17) is 5.11 Å². The third-order valence-corrected chi connectivity index (χ3v) is 6.25. The van der Waals surface area contributed by atoms with Gasteiger partial charge in [0.05, 0.1) is 10.5 Å². The minimum Gasteiger partial charge on any atom is -0.481 e. The fourth-order valence-corrected chi connectivity index (χ4v) is 4.41. The predicted octanol–water partition coefficient (Wildman–Crippen LogP) is 1.31. The van der Waals surface area contributed by atoms with Gasteiger partial charge in [0.15, 0.2) is 9.84 Å². The highest BCUT2D eigenvalue weighted by Gasteiger charge is 2.49. The molecule has 1 N–H and O–H groups in total. The molecule has 0 aromatic carbocycles. The van der Waals surface area contributed by atoms with Gasteiger partial charge in [-0.15, -0.1) is 0 Å². The Morgan fingerprint density at radius 3 is 2.40 bits per heavy atom. The van der Waals surface area contributed by atoms with E-state index in [9.17, 15) is 13.2 Å². The van der Waals surface area contributed by atoms with Crippen LogP contribution in [0, 0.1) is 11.8 Å². The second-order valence-corrected chi connectivity index (χ2v) is 7.58. The summed E-state index contributed by atoms with van der Waals surface area (Å²) >= 11 is 0. The third kappa shape index (κ3) is 2.17. The lowest BCUT2D eigenvalue weighted by atomic mass is 9.80. The van der Waals surface area contributed by atoms with Gasteiger partial charge in [-0.1, -0.05) is 6.92 Å². The summed E-state index contributed by atoms with van der Waals surface area (Å²) in [6.07, 6.45) is 0.632. The molecule has 0 aromatic rings. The van der Waals surface area contributed by atoms with Crippen molar-refractivity contribution in [1.82, 2.24) is 0 Å². The third-order valence-electron chi connectivity index (χ3n) is 3.58. The van der Waals surface area contributed by atoms with E-state index >= 15 is 0 Å². The van der Waals surface area contributed by atoms with E-state index < -0.39 is 20.6 Å². The number of carbonyl (C=O) groups is 1. The number of hydrogen-bond donors (Lipinski definition) is 1. The van der Waals surface area contributed by atoms with Crippen molar-refractivity contribution in [3.8, 4) is 0 Å². The van der Waals surface area contributed by atoms with Crippen molar-refractivity contribution in [3.05, 3.63) is 0 Å². The number of sulfone groups is 1. The van der Waals surface area contributed by atoms with Gasteiger partial charge >= 0.3 is 5.97 Å². The minimum atomic E-state index is -3.05. The summed E-state index contributed by atoms with van der Waals surface area (Å²) in [6.45, 7) is 5.23. The van der Waals surface area contributed by atoms with Crippen LogP contribution < -0.4 is 0 Å². The van der Waals surface area contributed by atoms with Crippen molar-refractivity contribution >= 4 is 15.8 Å². The van der Waals surface area contributed by atoms with E-state index in [1.807, 2.05) is 6.92 Å². The summed E-state index contributed by atoms with van der Waals surface area (Å²) in [5.74, 6) is -0.801. The molecular formula is C10H18O4S. The molecule has 1 aliphatic heterocycles. The normalized spacial score (nSPS) is 29.9. The van der Waals surface area contributed by atoms with Gasteiger partial charge in [0.1, 0.15) is 0 Å². The van der Waals surface area contributed by atoms with E-state index in [1.54, 1.807) is 13.8 Å². The van der Waals surface area contributed by atoms with Gasteiger partial charge < -0.3 is 5.11 Å². The number of carboxylic acid groups (broad SMARTS) is 1. The first-order valence-corrected chi connectivity index (χ1v) is 6.78. The van der Waals surface area contributed by atoms with Crippen molar-refractivity contribution in [2.24, 2.45) is 11.8 Å². The first-order valence-electron chi connectivity index (χ1n) is 5.12. The molecule has 0 bridgehead atoms. The standard InChI is InChI=1S/C10H18O4S/c1-7(6-9(11)12)8-4-5-15(13,14)10(8,2)3/h7-8H,4-6H2,1-3H3,(H,11,12). The van der Waals surface area contributed by atoms with Gasteiger partial charge in [-0.05, 0) is 32.1 Å². The molecule has 0 aliphatic carbocycles. The molecule has 1 aliphatic rings. The van der Waals surface area contributed by atoms with Crippen molar-refractivity contribution in [3.63, 3.8) is 0 Å². The fraction of sp³-hybridized carbons (Fsp3) is 0.900. The molecule has 15 heavy (non-hydrogen) atoms. The molecule has 1 saturated heterocycles. The summed E-state index contributed by atoms with van der Waals surface area (Å²) in [6, 6.07) is 0.